The minimum Gasteiger partial charge on any atom is -0.478 e. The van der Waals surface area contributed by atoms with E-state index in [4.69, 9.17) is 5.11 Å². The highest BCUT2D eigenvalue weighted by Gasteiger charge is 2.70. The Labute approximate surface area is 304 Å². The maximum absolute atomic E-state index is 14.3. The lowest BCUT2D eigenvalue weighted by Crippen LogP contribution is -2.64. The van der Waals surface area contributed by atoms with Crippen molar-refractivity contribution in [3.8, 4) is 0 Å². The first-order chi connectivity index (χ1) is 24.0. The van der Waals surface area contributed by atoms with Gasteiger partial charge in [-0.25, -0.2) is 26.8 Å². The van der Waals surface area contributed by atoms with Gasteiger partial charge < -0.3 is 31.3 Å². The van der Waals surface area contributed by atoms with Crippen molar-refractivity contribution < 1.29 is 46.3 Å². The number of carboxylic acid groups (broad SMARTS) is 1. The SMILES string of the molecule is CC1(C)C2CN(C(=O)[C@@H](NC(=O)NC3(CS(C)(=O)=O)CCCCC3)C(C)(C)C)C(C(=O)NC(CC(F)F)C(=O)NCCc3ccc(C(=O)O)cc3)C21. The topological polar surface area (TPSA) is 191 Å². The van der Waals surface area contributed by atoms with Gasteiger partial charge in [-0.15, -0.1) is 0 Å². The second-order valence-corrected chi connectivity index (χ2v) is 18.6. The van der Waals surface area contributed by atoms with Gasteiger partial charge in [-0.3, -0.25) is 14.4 Å². The van der Waals surface area contributed by atoms with Crippen LogP contribution in [-0.2, 0) is 30.6 Å². The Kier molecular flexibility index (Phi) is 12.3. The summed E-state index contributed by atoms with van der Waals surface area (Å²) in [5.74, 6) is -3.82. The molecule has 52 heavy (non-hydrogen) atoms. The van der Waals surface area contributed by atoms with Gasteiger partial charge in [0.05, 0.1) is 16.9 Å². The zero-order valence-corrected chi connectivity index (χ0v) is 31.6. The fraction of sp³-hybridized carbons (Fsp3) is 0.694. The molecule has 4 rings (SSSR count). The molecule has 5 N–H and O–H groups in total. The first kappa shape index (κ1) is 40.9. The summed E-state index contributed by atoms with van der Waals surface area (Å²) < 4.78 is 52.0. The van der Waals surface area contributed by atoms with Gasteiger partial charge in [0.1, 0.15) is 28.0 Å². The Morgan fingerprint density at radius 2 is 1.62 bits per heavy atom. The molecule has 1 aromatic carbocycles. The third-order valence-corrected chi connectivity index (χ3v) is 11.9. The molecule has 5 atom stereocenters. The number of carboxylic acids is 1. The van der Waals surface area contributed by atoms with E-state index >= 15 is 0 Å². The minimum absolute atomic E-state index is 0.0408. The van der Waals surface area contributed by atoms with Crippen molar-refractivity contribution in [2.75, 3.05) is 25.1 Å². The van der Waals surface area contributed by atoms with E-state index in [2.05, 4.69) is 21.3 Å². The molecule has 0 spiro atoms. The van der Waals surface area contributed by atoms with Crippen LogP contribution in [0.4, 0.5) is 13.6 Å². The molecule has 0 aromatic heterocycles. The number of rotatable bonds is 14. The molecule has 0 bridgehead atoms. The third-order valence-electron chi connectivity index (χ3n) is 10.8. The molecule has 1 aromatic rings. The number of aromatic carboxylic acids is 1. The molecule has 2 saturated carbocycles. The van der Waals surface area contributed by atoms with Crippen molar-refractivity contribution in [3.63, 3.8) is 0 Å². The molecule has 13 nitrogen and oxygen atoms in total. The Morgan fingerprint density at radius 3 is 2.15 bits per heavy atom. The highest BCUT2D eigenvalue weighted by molar-refractivity contribution is 7.90. The van der Waals surface area contributed by atoms with Crippen molar-refractivity contribution in [1.82, 2.24) is 26.2 Å². The summed E-state index contributed by atoms with van der Waals surface area (Å²) in [6.45, 7) is 9.39. The van der Waals surface area contributed by atoms with E-state index in [1.54, 1.807) is 32.9 Å². The van der Waals surface area contributed by atoms with E-state index in [1.807, 2.05) is 13.8 Å². The predicted molar refractivity (Wildman–Crippen MR) is 189 cm³/mol. The van der Waals surface area contributed by atoms with Gasteiger partial charge in [0.25, 0.3) is 0 Å². The van der Waals surface area contributed by atoms with E-state index in [0.717, 1.165) is 25.5 Å². The molecule has 0 radical (unpaired) electrons. The second-order valence-electron chi connectivity index (χ2n) is 16.4. The number of carbonyl (C=O) groups excluding carboxylic acids is 4. The van der Waals surface area contributed by atoms with E-state index in [0.29, 0.717) is 18.4 Å². The Morgan fingerprint density at radius 1 is 1.00 bits per heavy atom. The van der Waals surface area contributed by atoms with Crippen LogP contribution in [0.3, 0.4) is 0 Å². The van der Waals surface area contributed by atoms with Crippen LogP contribution in [0.15, 0.2) is 24.3 Å². The van der Waals surface area contributed by atoms with Gasteiger partial charge >= 0.3 is 12.0 Å². The number of piperidine rings is 1. The number of nitrogens with one attached hydrogen (secondary N) is 4. The number of sulfone groups is 1. The van der Waals surface area contributed by atoms with Crippen LogP contribution in [0.2, 0.25) is 0 Å². The van der Waals surface area contributed by atoms with Crippen molar-refractivity contribution in [1.29, 1.82) is 0 Å². The highest BCUT2D eigenvalue weighted by Crippen LogP contribution is 2.65. The largest absolute Gasteiger partial charge is 0.478 e. The van der Waals surface area contributed by atoms with Crippen LogP contribution in [0.25, 0.3) is 0 Å². The molecule has 4 unspecified atom stereocenters. The number of fused-ring (bicyclic) bond motifs is 1. The number of alkyl halides is 2. The Bertz CT molecular complexity index is 1620. The molecule has 1 aliphatic heterocycles. The van der Waals surface area contributed by atoms with E-state index in [1.165, 1.54) is 17.0 Å². The summed E-state index contributed by atoms with van der Waals surface area (Å²) in [5, 5.41) is 19.8. The van der Waals surface area contributed by atoms with E-state index < -0.39 is 81.5 Å². The molecular formula is C36H53F2N5O8S. The molecule has 1 heterocycles. The molecule has 5 amide bonds. The first-order valence-electron chi connectivity index (χ1n) is 17.8. The second kappa shape index (κ2) is 15.7. The number of nitrogens with zero attached hydrogens (tertiary/aromatic N) is 1. The molecule has 2 aliphatic carbocycles. The number of benzene rings is 1. The lowest BCUT2D eigenvalue weighted by Gasteiger charge is -2.40. The first-order valence-corrected chi connectivity index (χ1v) is 19.9. The summed E-state index contributed by atoms with van der Waals surface area (Å²) in [7, 11) is -3.44. The van der Waals surface area contributed by atoms with Gasteiger partial charge in [0, 0.05) is 25.8 Å². The van der Waals surface area contributed by atoms with Gasteiger partial charge in [0.15, 0.2) is 0 Å². The zero-order valence-electron chi connectivity index (χ0n) is 30.8. The van der Waals surface area contributed by atoms with Crippen molar-refractivity contribution in [2.24, 2.45) is 22.7 Å². The minimum atomic E-state index is -3.44. The standard InChI is InChI=1S/C36H53F2N5O8S/c1-34(2,3)28(41-33(49)42-36(20-52(6,50)51)15-8-7-9-16-36)31(46)43-19-23-26(35(23,4)5)27(43)30(45)40-24(18-25(37)38)29(44)39-17-14-21-10-12-22(13-11-21)32(47)48/h10-13,23-28H,7-9,14-20H2,1-6H3,(H,39,44)(H,40,45)(H,47,48)(H2,41,42,49)/t23?,24?,26?,27?,28-/m1/s1. The van der Waals surface area contributed by atoms with Crippen LogP contribution in [0, 0.1) is 22.7 Å². The third kappa shape index (κ3) is 9.98. The average molecular weight is 754 g/mol. The number of hydrogen-bond acceptors (Lipinski definition) is 7. The monoisotopic (exact) mass is 753 g/mol. The number of hydrogen-bond donors (Lipinski definition) is 5. The smallest absolute Gasteiger partial charge is 0.335 e. The fourth-order valence-corrected chi connectivity index (χ4v) is 9.37. The lowest BCUT2D eigenvalue weighted by atomic mass is 9.83. The Balaban J connectivity index is 1.48. The van der Waals surface area contributed by atoms with Gasteiger partial charge in [-0.2, -0.15) is 0 Å². The van der Waals surface area contributed by atoms with Crippen molar-refractivity contribution in [3.05, 3.63) is 35.4 Å². The fourth-order valence-electron chi connectivity index (χ4n) is 8.01. The number of halogens is 2. The summed E-state index contributed by atoms with van der Waals surface area (Å²) >= 11 is 0. The molecule has 3 fully saturated rings. The number of carbonyl (C=O) groups is 5. The van der Waals surface area contributed by atoms with Crippen LogP contribution < -0.4 is 21.3 Å². The maximum atomic E-state index is 14.3. The molecular weight excluding hydrogens is 700 g/mol. The van der Waals surface area contributed by atoms with Gasteiger partial charge in [-0.05, 0) is 59.6 Å². The van der Waals surface area contributed by atoms with Crippen LogP contribution in [0.5, 0.6) is 0 Å². The Hall–Kier alpha value is -3.82. The zero-order chi connectivity index (χ0) is 38.8. The summed E-state index contributed by atoms with van der Waals surface area (Å²) in [6.07, 6.45) is 0.882. The molecule has 1 saturated heterocycles. The van der Waals surface area contributed by atoms with Crippen LogP contribution >= 0.6 is 0 Å². The van der Waals surface area contributed by atoms with Crippen LogP contribution in [-0.4, -0.2) is 103 Å². The van der Waals surface area contributed by atoms with E-state index in [9.17, 15) is 41.2 Å². The summed E-state index contributed by atoms with van der Waals surface area (Å²) in [5.41, 5.74) is -1.36. The normalized spacial score (nSPS) is 23.2. The van der Waals surface area contributed by atoms with Crippen molar-refractivity contribution >= 4 is 39.6 Å². The molecule has 290 valence electrons. The van der Waals surface area contributed by atoms with Crippen LogP contribution in [0.1, 0.15) is 89.1 Å². The summed E-state index contributed by atoms with van der Waals surface area (Å²) in [6, 6.07) is 1.49. The maximum Gasteiger partial charge on any atom is 0.335 e. The number of urea groups is 1. The number of likely N-dealkylation sites (tertiary alicyclic amines) is 1. The van der Waals surface area contributed by atoms with Gasteiger partial charge in [0.2, 0.25) is 24.1 Å². The number of amides is 5. The molecule has 3 aliphatic rings. The van der Waals surface area contributed by atoms with Crippen molar-refractivity contribution in [2.45, 2.75) is 110 Å². The lowest BCUT2D eigenvalue weighted by molar-refractivity contribution is -0.144. The quantitative estimate of drug-likeness (QED) is 0.192. The van der Waals surface area contributed by atoms with Gasteiger partial charge in [-0.1, -0.05) is 66.0 Å². The average Bonchev–Trinajstić information content (AvgIpc) is 3.33. The predicted octanol–water partition coefficient (Wildman–Crippen LogP) is 3.13. The highest BCUT2D eigenvalue weighted by atomic mass is 32.2. The molecule has 16 heteroatoms. The van der Waals surface area contributed by atoms with E-state index in [-0.39, 0.29) is 48.1 Å². The summed E-state index contributed by atoms with van der Waals surface area (Å²) in [4.78, 5) is 67.4.